The predicted molar refractivity (Wildman–Crippen MR) is 128 cm³/mol. The Morgan fingerprint density at radius 2 is 1.79 bits per heavy atom. The van der Waals surface area contributed by atoms with Gasteiger partial charge in [-0.1, -0.05) is 41.9 Å². The Hall–Kier alpha value is -3.23. The third-order valence-electron chi connectivity index (χ3n) is 4.89. The smallest absolute Gasteiger partial charge is 0.262 e. The number of carbonyl (C=O) groups excluding carboxylic acids is 3. The third-order valence-corrected chi connectivity index (χ3v) is 6.35. The van der Waals surface area contributed by atoms with E-state index in [9.17, 15) is 18.8 Å². The molecule has 6 nitrogen and oxygen atoms in total. The third kappa shape index (κ3) is 6.40. The molecule has 1 heterocycles. The number of rotatable bonds is 8. The van der Waals surface area contributed by atoms with Crippen molar-refractivity contribution in [1.29, 1.82) is 0 Å². The molecule has 2 N–H and O–H groups in total. The molecule has 0 bridgehead atoms. The molecule has 3 rings (SSSR count). The van der Waals surface area contributed by atoms with Crippen LogP contribution in [0.25, 0.3) is 0 Å². The molecule has 0 radical (unpaired) electrons. The van der Waals surface area contributed by atoms with Gasteiger partial charge >= 0.3 is 0 Å². The molecule has 9 heteroatoms. The largest absolute Gasteiger partial charge is 0.342 e. The molecular formula is C24H23ClFN3O3S. The average Bonchev–Trinajstić information content (AvgIpc) is 3.16. The van der Waals surface area contributed by atoms with Crippen LogP contribution in [0.1, 0.15) is 38.1 Å². The summed E-state index contributed by atoms with van der Waals surface area (Å²) >= 11 is 7.02. The van der Waals surface area contributed by atoms with Gasteiger partial charge in [-0.2, -0.15) is 0 Å². The van der Waals surface area contributed by atoms with E-state index in [2.05, 4.69) is 10.6 Å². The molecule has 0 unspecified atom stereocenters. The Morgan fingerprint density at radius 1 is 1.06 bits per heavy atom. The molecule has 2 aromatic carbocycles. The summed E-state index contributed by atoms with van der Waals surface area (Å²) in [5.41, 5.74) is 1.79. The van der Waals surface area contributed by atoms with Crippen molar-refractivity contribution in [2.45, 2.75) is 20.4 Å². The Balaban J connectivity index is 1.60. The summed E-state index contributed by atoms with van der Waals surface area (Å²) in [6.45, 7) is 4.47. The van der Waals surface area contributed by atoms with Crippen molar-refractivity contribution >= 4 is 45.7 Å². The van der Waals surface area contributed by atoms with Gasteiger partial charge in [0, 0.05) is 13.1 Å². The summed E-state index contributed by atoms with van der Waals surface area (Å²) in [5, 5.41) is 5.76. The first kappa shape index (κ1) is 24.4. The lowest BCUT2D eigenvalue weighted by Gasteiger charge is -2.21. The van der Waals surface area contributed by atoms with Crippen LogP contribution in [-0.2, 0) is 11.3 Å². The van der Waals surface area contributed by atoms with Crippen LogP contribution in [-0.4, -0.2) is 35.7 Å². The van der Waals surface area contributed by atoms with Crippen LogP contribution in [0.5, 0.6) is 0 Å². The summed E-state index contributed by atoms with van der Waals surface area (Å²) in [5.74, 6) is -1.64. The van der Waals surface area contributed by atoms with Gasteiger partial charge in [0.25, 0.3) is 11.8 Å². The van der Waals surface area contributed by atoms with Gasteiger partial charge in [-0.3, -0.25) is 14.4 Å². The number of nitrogens with zero attached hydrogens (tertiary/aromatic N) is 1. The minimum Gasteiger partial charge on any atom is -0.342 e. The number of hydrogen-bond acceptors (Lipinski definition) is 4. The first-order chi connectivity index (χ1) is 15.8. The average molecular weight is 488 g/mol. The van der Waals surface area contributed by atoms with Crippen LogP contribution in [0.4, 0.5) is 9.39 Å². The molecule has 0 aliphatic heterocycles. The molecule has 0 saturated heterocycles. The number of aryl methyl sites for hydroxylation is 1. The maximum Gasteiger partial charge on any atom is 0.262 e. The number of amides is 3. The molecule has 33 heavy (non-hydrogen) atoms. The van der Waals surface area contributed by atoms with E-state index >= 15 is 0 Å². The first-order valence-corrected chi connectivity index (χ1v) is 11.4. The van der Waals surface area contributed by atoms with E-state index in [1.165, 1.54) is 6.07 Å². The van der Waals surface area contributed by atoms with Gasteiger partial charge in [-0.25, -0.2) is 4.39 Å². The maximum atomic E-state index is 13.2. The van der Waals surface area contributed by atoms with E-state index in [-0.39, 0.29) is 23.0 Å². The van der Waals surface area contributed by atoms with E-state index in [0.717, 1.165) is 29.0 Å². The molecular weight excluding hydrogens is 465 g/mol. The molecule has 0 aliphatic carbocycles. The summed E-state index contributed by atoms with van der Waals surface area (Å²) in [7, 11) is 0. The van der Waals surface area contributed by atoms with Crippen LogP contribution >= 0.6 is 22.9 Å². The zero-order valence-electron chi connectivity index (χ0n) is 18.2. The molecule has 0 fully saturated rings. The van der Waals surface area contributed by atoms with E-state index in [4.69, 9.17) is 11.6 Å². The molecule has 0 saturated carbocycles. The molecule has 172 valence electrons. The second-order valence-electron chi connectivity index (χ2n) is 7.28. The molecule has 0 spiro atoms. The zero-order chi connectivity index (χ0) is 24.0. The summed E-state index contributed by atoms with van der Waals surface area (Å²) < 4.78 is 13.2. The van der Waals surface area contributed by atoms with Crippen molar-refractivity contribution in [2.75, 3.05) is 18.4 Å². The van der Waals surface area contributed by atoms with E-state index < -0.39 is 17.6 Å². The second kappa shape index (κ2) is 11.1. The number of halogens is 2. The highest BCUT2D eigenvalue weighted by molar-refractivity contribution is 7.18. The van der Waals surface area contributed by atoms with Gasteiger partial charge in [-0.15, -0.1) is 11.3 Å². The van der Waals surface area contributed by atoms with Crippen LogP contribution in [0.3, 0.4) is 0 Å². The number of hydrogen-bond donors (Lipinski definition) is 2. The van der Waals surface area contributed by atoms with Gasteiger partial charge in [0.2, 0.25) is 5.91 Å². The highest BCUT2D eigenvalue weighted by Gasteiger charge is 2.19. The van der Waals surface area contributed by atoms with Crippen LogP contribution < -0.4 is 10.6 Å². The minimum atomic E-state index is -0.539. The van der Waals surface area contributed by atoms with Crippen molar-refractivity contribution in [1.82, 2.24) is 10.2 Å². The fourth-order valence-corrected chi connectivity index (χ4v) is 4.39. The lowest BCUT2D eigenvalue weighted by Crippen LogP contribution is -2.39. The monoisotopic (exact) mass is 487 g/mol. The van der Waals surface area contributed by atoms with E-state index in [0.29, 0.717) is 28.5 Å². The van der Waals surface area contributed by atoms with Gasteiger partial charge in [-0.05, 0) is 49.2 Å². The second-order valence-corrected chi connectivity index (χ2v) is 8.74. The van der Waals surface area contributed by atoms with Crippen molar-refractivity contribution in [3.8, 4) is 0 Å². The van der Waals surface area contributed by atoms with Gasteiger partial charge in [0.1, 0.15) is 5.82 Å². The summed E-state index contributed by atoms with van der Waals surface area (Å²) in [6.07, 6.45) is 0. The van der Waals surface area contributed by atoms with Crippen LogP contribution in [0.15, 0.2) is 54.6 Å². The lowest BCUT2D eigenvalue weighted by molar-refractivity contribution is -0.130. The fourth-order valence-electron chi connectivity index (χ4n) is 3.15. The molecule has 1 aromatic heterocycles. The number of anilines is 1. The van der Waals surface area contributed by atoms with Gasteiger partial charge < -0.3 is 15.5 Å². The minimum absolute atomic E-state index is 0.00626. The fraction of sp³-hybridized carbons (Fsp3) is 0.208. The maximum absolute atomic E-state index is 13.2. The molecule has 3 aromatic rings. The van der Waals surface area contributed by atoms with E-state index in [1.807, 2.05) is 37.3 Å². The van der Waals surface area contributed by atoms with Crippen molar-refractivity contribution in [2.24, 2.45) is 0 Å². The number of carbonyl (C=O) groups is 3. The number of benzene rings is 2. The summed E-state index contributed by atoms with van der Waals surface area (Å²) in [4.78, 5) is 39.7. The van der Waals surface area contributed by atoms with Gasteiger partial charge in [0.05, 0.1) is 27.0 Å². The highest BCUT2D eigenvalue weighted by Crippen LogP contribution is 2.28. The number of nitrogens with one attached hydrogen (secondary N) is 2. The SMILES string of the molecule is CCN(Cc1ccccc1)C(=O)CNC(=O)c1sc(NC(=O)c2ccc(F)cc2Cl)cc1C. The Kier molecular flexibility index (Phi) is 8.19. The lowest BCUT2D eigenvalue weighted by atomic mass is 10.2. The van der Waals surface area contributed by atoms with E-state index in [1.54, 1.807) is 17.9 Å². The predicted octanol–water partition coefficient (Wildman–Crippen LogP) is 4.88. The van der Waals surface area contributed by atoms with Crippen molar-refractivity contribution in [3.05, 3.63) is 87.0 Å². The topological polar surface area (TPSA) is 78.5 Å². The highest BCUT2D eigenvalue weighted by atomic mass is 35.5. The Labute approximate surface area is 200 Å². The number of thiophene rings is 1. The van der Waals surface area contributed by atoms with Gasteiger partial charge in [0.15, 0.2) is 0 Å². The zero-order valence-corrected chi connectivity index (χ0v) is 19.7. The molecule has 0 atom stereocenters. The van der Waals surface area contributed by atoms with Crippen molar-refractivity contribution in [3.63, 3.8) is 0 Å². The van der Waals surface area contributed by atoms with Crippen molar-refractivity contribution < 1.29 is 18.8 Å². The number of likely N-dealkylation sites (N-methyl/N-ethyl adjacent to an activating group) is 1. The normalized spacial score (nSPS) is 10.5. The first-order valence-electron chi connectivity index (χ1n) is 10.2. The molecule has 3 amide bonds. The quantitative estimate of drug-likeness (QED) is 0.475. The van der Waals surface area contributed by atoms with Crippen LogP contribution in [0, 0.1) is 12.7 Å². The van der Waals surface area contributed by atoms with Crippen LogP contribution in [0.2, 0.25) is 5.02 Å². The standard InChI is InChI=1S/C24H23ClFN3O3S/c1-3-29(14-16-7-5-4-6-8-16)21(30)13-27-24(32)22-15(2)11-20(33-22)28-23(31)18-10-9-17(26)12-19(18)25/h4-12H,3,13-14H2,1-2H3,(H,27,32)(H,28,31). The Morgan fingerprint density at radius 3 is 2.45 bits per heavy atom. The summed E-state index contributed by atoms with van der Waals surface area (Å²) in [6, 6.07) is 14.8. The Bertz CT molecular complexity index is 1170. The molecule has 0 aliphatic rings.